The molecule has 0 aliphatic rings. The van der Waals surface area contributed by atoms with Gasteiger partial charge in [0.2, 0.25) is 0 Å². The van der Waals surface area contributed by atoms with E-state index in [9.17, 15) is 10.2 Å². The quantitative estimate of drug-likeness (QED) is 0.199. The molecule has 0 bridgehead atoms. The highest BCUT2D eigenvalue weighted by Gasteiger charge is 2.02. The Kier molecular flexibility index (Phi) is 12.8. The van der Waals surface area contributed by atoms with Crippen molar-refractivity contribution in [2.45, 2.75) is 96.8 Å². The summed E-state index contributed by atoms with van der Waals surface area (Å²) in [5, 5.41) is 19.2. The molecule has 1 aromatic carbocycles. The molecule has 0 amide bonds. The van der Waals surface area contributed by atoms with Gasteiger partial charge in [-0.2, -0.15) is 0 Å². The molecule has 0 saturated carbocycles. The minimum atomic E-state index is 0.239. The van der Waals surface area contributed by atoms with Crippen LogP contribution in [0.25, 0.3) is 0 Å². The summed E-state index contributed by atoms with van der Waals surface area (Å²) in [7, 11) is 0. The summed E-state index contributed by atoms with van der Waals surface area (Å²) in [6.07, 6.45) is 22.4. The monoisotopic (exact) mass is 346 g/mol. The van der Waals surface area contributed by atoms with Gasteiger partial charge in [0.05, 0.1) is 0 Å². The molecule has 0 radical (unpaired) electrons. The number of unbranched alkanes of at least 4 members (excludes halogenated alkanes) is 11. The van der Waals surface area contributed by atoms with E-state index in [0.717, 1.165) is 18.4 Å². The molecule has 0 atom stereocenters. The molecule has 0 heterocycles. The summed E-state index contributed by atoms with van der Waals surface area (Å²) in [5.41, 5.74) is 0.862. The van der Waals surface area contributed by atoms with Gasteiger partial charge in [-0.25, -0.2) is 0 Å². The molecular formula is C23H38O2. The van der Waals surface area contributed by atoms with Crippen LogP contribution in [0.2, 0.25) is 0 Å². The zero-order chi connectivity index (χ0) is 18.2. The van der Waals surface area contributed by atoms with E-state index < -0.39 is 0 Å². The largest absolute Gasteiger partial charge is 0.508 e. The Hall–Kier alpha value is -1.44. The summed E-state index contributed by atoms with van der Waals surface area (Å²) in [6.45, 7) is 2.26. The van der Waals surface area contributed by atoms with E-state index in [1.165, 1.54) is 83.1 Å². The van der Waals surface area contributed by atoms with Crippen molar-refractivity contribution in [2.75, 3.05) is 0 Å². The van der Waals surface area contributed by atoms with Crippen molar-refractivity contribution in [2.24, 2.45) is 0 Å². The number of aromatic hydroxyl groups is 2. The van der Waals surface area contributed by atoms with Crippen molar-refractivity contribution >= 4 is 0 Å². The van der Waals surface area contributed by atoms with Gasteiger partial charge in [0.25, 0.3) is 0 Å². The molecule has 1 aromatic rings. The number of benzene rings is 1. The van der Waals surface area contributed by atoms with Crippen molar-refractivity contribution in [1.82, 2.24) is 0 Å². The highest BCUT2D eigenvalue weighted by Crippen LogP contribution is 2.24. The first-order valence-electron chi connectivity index (χ1n) is 10.4. The third-order valence-corrected chi connectivity index (χ3v) is 4.77. The lowest BCUT2D eigenvalue weighted by Gasteiger charge is -2.05. The maximum atomic E-state index is 9.73. The van der Waals surface area contributed by atoms with Crippen LogP contribution in [-0.4, -0.2) is 10.2 Å². The normalized spacial score (nSPS) is 11.4. The molecule has 0 unspecified atom stereocenters. The fourth-order valence-electron chi connectivity index (χ4n) is 3.16. The van der Waals surface area contributed by atoms with E-state index >= 15 is 0 Å². The Bertz CT molecular complexity index is 465. The lowest BCUT2D eigenvalue weighted by atomic mass is 10.0. The van der Waals surface area contributed by atoms with Gasteiger partial charge in [0, 0.05) is 0 Å². The van der Waals surface area contributed by atoms with E-state index in [2.05, 4.69) is 19.1 Å². The molecule has 0 fully saturated rings. The smallest absolute Gasteiger partial charge is 0.119 e. The molecule has 2 N–H and O–H groups in total. The Morgan fingerprint density at radius 3 is 1.92 bits per heavy atom. The topological polar surface area (TPSA) is 40.5 Å². The number of hydrogen-bond acceptors (Lipinski definition) is 2. The summed E-state index contributed by atoms with van der Waals surface area (Å²) in [4.78, 5) is 0. The average molecular weight is 347 g/mol. The van der Waals surface area contributed by atoms with Crippen LogP contribution < -0.4 is 0 Å². The highest BCUT2D eigenvalue weighted by atomic mass is 16.3. The van der Waals surface area contributed by atoms with Gasteiger partial charge in [-0.3, -0.25) is 0 Å². The Balaban J connectivity index is 1.87. The lowest BCUT2D eigenvalue weighted by Crippen LogP contribution is -1.87. The van der Waals surface area contributed by atoms with Crippen LogP contribution in [0.1, 0.15) is 96.0 Å². The molecule has 0 aliphatic heterocycles. The fraction of sp³-hybridized carbons (Fsp3) is 0.652. The second-order valence-electron chi connectivity index (χ2n) is 7.15. The molecule has 0 aliphatic carbocycles. The maximum absolute atomic E-state index is 9.73. The van der Waals surface area contributed by atoms with E-state index in [0.29, 0.717) is 5.75 Å². The third kappa shape index (κ3) is 11.7. The van der Waals surface area contributed by atoms with Gasteiger partial charge in [-0.05, 0) is 62.3 Å². The minimum Gasteiger partial charge on any atom is -0.508 e. The average Bonchev–Trinajstić information content (AvgIpc) is 2.61. The molecule has 0 aromatic heterocycles. The zero-order valence-corrected chi connectivity index (χ0v) is 16.2. The summed E-state index contributed by atoms with van der Waals surface area (Å²) < 4.78 is 0. The van der Waals surface area contributed by atoms with E-state index in [1.807, 2.05) is 0 Å². The van der Waals surface area contributed by atoms with Gasteiger partial charge in [0.15, 0.2) is 0 Å². The maximum Gasteiger partial charge on any atom is 0.119 e. The molecule has 142 valence electrons. The van der Waals surface area contributed by atoms with Crippen LogP contribution >= 0.6 is 0 Å². The Morgan fingerprint density at radius 2 is 1.28 bits per heavy atom. The minimum absolute atomic E-state index is 0.239. The van der Waals surface area contributed by atoms with Gasteiger partial charge in [0.1, 0.15) is 11.5 Å². The standard InChI is InChI=1S/C23H38O2/c1-2-3-4-5-6-7-8-9-10-11-12-13-14-15-16-17-21-20-22(24)18-19-23(21)25/h7-8,18-20,24-25H,2-6,9-17H2,1H3. The second-order valence-corrected chi connectivity index (χ2v) is 7.15. The van der Waals surface area contributed by atoms with Crippen LogP contribution in [0.5, 0.6) is 11.5 Å². The molecule has 1 rings (SSSR count). The number of allylic oxidation sites excluding steroid dienone is 2. The summed E-state index contributed by atoms with van der Waals surface area (Å²) in [5.74, 6) is 0.541. The molecule has 0 spiro atoms. The van der Waals surface area contributed by atoms with Crippen molar-refractivity contribution in [3.8, 4) is 11.5 Å². The van der Waals surface area contributed by atoms with Crippen molar-refractivity contribution in [3.05, 3.63) is 35.9 Å². The fourth-order valence-corrected chi connectivity index (χ4v) is 3.16. The molecule has 0 saturated heterocycles. The SMILES string of the molecule is CCCCCCC=CCCCCCCCCCc1cc(O)ccc1O. The number of rotatable bonds is 15. The lowest BCUT2D eigenvalue weighted by molar-refractivity contribution is 0.452. The van der Waals surface area contributed by atoms with Gasteiger partial charge >= 0.3 is 0 Å². The zero-order valence-electron chi connectivity index (χ0n) is 16.2. The number of phenolic OH excluding ortho intramolecular Hbond substituents is 2. The molecular weight excluding hydrogens is 308 g/mol. The Morgan fingerprint density at radius 1 is 0.720 bits per heavy atom. The van der Waals surface area contributed by atoms with Crippen LogP contribution in [-0.2, 0) is 6.42 Å². The molecule has 2 heteroatoms. The van der Waals surface area contributed by atoms with Crippen LogP contribution in [0.4, 0.5) is 0 Å². The van der Waals surface area contributed by atoms with Gasteiger partial charge in [-0.15, -0.1) is 0 Å². The predicted molar refractivity (Wildman–Crippen MR) is 108 cm³/mol. The first-order valence-corrected chi connectivity index (χ1v) is 10.4. The van der Waals surface area contributed by atoms with E-state index in [-0.39, 0.29) is 5.75 Å². The first-order chi connectivity index (χ1) is 12.2. The highest BCUT2D eigenvalue weighted by molar-refractivity contribution is 5.38. The van der Waals surface area contributed by atoms with Crippen molar-refractivity contribution in [1.29, 1.82) is 0 Å². The van der Waals surface area contributed by atoms with E-state index in [1.54, 1.807) is 12.1 Å². The number of aryl methyl sites for hydroxylation is 1. The predicted octanol–water partition coefficient (Wildman–Crippen LogP) is 7.29. The van der Waals surface area contributed by atoms with Crippen molar-refractivity contribution < 1.29 is 10.2 Å². The van der Waals surface area contributed by atoms with Gasteiger partial charge in [-0.1, -0.05) is 70.4 Å². The van der Waals surface area contributed by atoms with Crippen LogP contribution in [0.3, 0.4) is 0 Å². The van der Waals surface area contributed by atoms with E-state index in [4.69, 9.17) is 0 Å². The van der Waals surface area contributed by atoms with Gasteiger partial charge < -0.3 is 10.2 Å². The number of phenols is 2. The molecule has 25 heavy (non-hydrogen) atoms. The summed E-state index contributed by atoms with van der Waals surface area (Å²) >= 11 is 0. The van der Waals surface area contributed by atoms with Crippen LogP contribution in [0, 0.1) is 0 Å². The Labute approximate surface area is 155 Å². The number of hydrogen-bond donors (Lipinski definition) is 2. The first kappa shape index (κ1) is 21.6. The van der Waals surface area contributed by atoms with Crippen LogP contribution in [0.15, 0.2) is 30.4 Å². The molecule has 2 nitrogen and oxygen atoms in total. The second kappa shape index (κ2) is 14.9. The summed E-state index contributed by atoms with van der Waals surface area (Å²) in [6, 6.07) is 4.78. The van der Waals surface area contributed by atoms with Crippen molar-refractivity contribution in [3.63, 3.8) is 0 Å². The third-order valence-electron chi connectivity index (χ3n) is 4.77.